The van der Waals surface area contributed by atoms with E-state index in [0.29, 0.717) is 5.56 Å². The number of hydrogen-bond acceptors (Lipinski definition) is 7. The van der Waals surface area contributed by atoms with Gasteiger partial charge in [-0.15, -0.1) is 0 Å². The van der Waals surface area contributed by atoms with Gasteiger partial charge in [0.1, 0.15) is 18.8 Å². The highest BCUT2D eigenvalue weighted by atomic mass is 19.1. The van der Waals surface area contributed by atoms with Crippen LogP contribution in [0.1, 0.15) is 34.6 Å². The molecule has 2 saturated heterocycles. The number of alkyl halides is 1. The summed E-state index contributed by atoms with van der Waals surface area (Å²) in [4.78, 5) is 24.9. The zero-order chi connectivity index (χ0) is 22.0. The minimum absolute atomic E-state index is 0.282. The third kappa shape index (κ3) is 4.76. The number of carbonyl (C=O) groups is 2. The number of rotatable bonds is 6. The quantitative estimate of drug-likeness (QED) is 0.651. The van der Waals surface area contributed by atoms with Gasteiger partial charge >= 0.3 is 11.9 Å². The predicted octanol–water partition coefficient (Wildman–Crippen LogP) is 3.28. The Hall–Kier alpha value is -2.81. The van der Waals surface area contributed by atoms with E-state index in [1.165, 1.54) is 0 Å². The molecule has 5 atom stereocenters. The fourth-order valence-electron chi connectivity index (χ4n) is 3.58. The zero-order valence-corrected chi connectivity index (χ0v) is 17.1. The lowest BCUT2D eigenvalue weighted by Gasteiger charge is -2.27. The smallest absolute Gasteiger partial charge is 0.338 e. The first-order chi connectivity index (χ1) is 14.8. The third-order valence-corrected chi connectivity index (χ3v) is 5.03. The molecular formula is C23H23FO7. The highest BCUT2D eigenvalue weighted by Crippen LogP contribution is 2.40. The van der Waals surface area contributed by atoms with Crippen molar-refractivity contribution in [3.05, 3.63) is 71.8 Å². The van der Waals surface area contributed by atoms with Gasteiger partial charge in [-0.25, -0.2) is 14.0 Å². The van der Waals surface area contributed by atoms with Crippen LogP contribution in [0, 0.1) is 0 Å². The SMILES string of the molecule is CC1(C)O[C@H]2O[C@@H]([C@@H](COC(=O)c3ccccc3)OC(=O)c3ccccc3)[C@H](F)[C@@H]2O1. The average Bonchev–Trinajstić information content (AvgIpc) is 3.24. The molecule has 0 radical (unpaired) electrons. The van der Waals surface area contributed by atoms with Crippen LogP contribution in [0.3, 0.4) is 0 Å². The standard InChI is InChI=1S/C23H23FO7/c1-23(2)30-19-17(24)18(29-22(19)31-23)16(28-21(26)15-11-7-4-8-12-15)13-27-20(25)14-9-5-3-6-10-14/h3-12,16-19,22H,13H2,1-2H3/t16-,17+,18+,19+,22-/m1/s1. The van der Waals surface area contributed by atoms with Gasteiger partial charge < -0.3 is 23.7 Å². The lowest BCUT2D eigenvalue weighted by atomic mass is 10.1. The van der Waals surface area contributed by atoms with E-state index < -0.39 is 48.5 Å². The summed E-state index contributed by atoms with van der Waals surface area (Å²) in [5.41, 5.74) is 0.606. The Balaban J connectivity index is 1.49. The summed E-state index contributed by atoms with van der Waals surface area (Å²) in [6.45, 7) is 2.93. The highest BCUT2D eigenvalue weighted by molar-refractivity contribution is 5.90. The maximum absolute atomic E-state index is 15.2. The normalized spacial score (nSPS) is 27.3. The summed E-state index contributed by atoms with van der Waals surface area (Å²) in [6, 6.07) is 16.6. The van der Waals surface area contributed by atoms with E-state index in [1.807, 2.05) is 0 Å². The zero-order valence-electron chi connectivity index (χ0n) is 17.1. The molecule has 0 aliphatic carbocycles. The molecule has 8 heteroatoms. The van der Waals surface area contributed by atoms with Crippen molar-refractivity contribution in [2.75, 3.05) is 6.61 Å². The van der Waals surface area contributed by atoms with Crippen LogP contribution in [0.15, 0.2) is 60.7 Å². The van der Waals surface area contributed by atoms with Crippen molar-refractivity contribution in [2.24, 2.45) is 0 Å². The summed E-state index contributed by atoms with van der Waals surface area (Å²) in [7, 11) is 0. The molecule has 31 heavy (non-hydrogen) atoms. The molecular weight excluding hydrogens is 407 g/mol. The molecule has 0 saturated carbocycles. The number of benzene rings is 2. The molecule has 0 aromatic heterocycles. The molecule has 164 valence electrons. The van der Waals surface area contributed by atoms with Crippen molar-refractivity contribution in [3.63, 3.8) is 0 Å². The van der Waals surface area contributed by atoms with E-state index in [-0.39, 0.29) is 12.2 Å². The molecule has 4 rings (SSSR count). The third-order valence-electron chi connectivity index (χ3n) is 5.03. The summed E-state index contributed by atoms with van der Waals surface area (Å²) in [5, 5.41) is 0. The van der Waals surface area contributed by atoms with Gasteiger partial charge in [0.15, 0.2) is 24.4 Å². The van der Waals surface area contributed by atoms with Crippen molar-refractivity contribution >= 4 is 11.9 Å². The number of fused-ring (bicyclic) bond motifs is 1. The number of halogens is 1. The maximum atomic E-state index is 15.2. The Labute approximate surface area is 179 Å². The Morgan fingerprint density at radius 3 is 2.13 bits per heavy atom. The fourth-order valence-corrected chi connectivity index (χ4v) is 3.58. The first kappa shape index (κ1) is 21.4. The van der Waals surface area contributed by atoms with Crippen LogP contribution in [-0.2, 0) is 23.7 Å². The second-order valence-electron chi connectivity index (χ2n) is 7.79. The van der Waals surface area contributed by atoms with Crippen LogP contribution in [0.2, 0.25) is 0 Å². The first-order valence-corrected chi connectivity index (χ1v) is 9.97. The summed E-state index contributed by atoms with van der Waals surface area (Å²) >= 11 is 0. The number of esters is 2. The van der Waals surface area contributed by atoms with Crippen LogP contribution >= 0.6 is 0 Å². The van der Waals surface area contributed by atoms with Gasteiger partial charge in [-0.1, -0.05) is 36.4 Å². The van der Waals surface area contributed by atoms with Gasteiger partial charge in [0.2, 0.25) is 0 Å². The molecule has 2 aromatic carbocycles. The Kier molecular flexibility index (Phi) is 6.04. The predicted molar refractivity (Wildman–Crippen MR) is 106 cm³/mol. The average molecular weight is 430 g/mol. The molecule has 2 fully saturated rings. The molecule has 0 bridgehead atoms. The Bertz CT molecular complexity index is 918. The van der Waals surface area contributed by atoms with Gasteiger partial charge in [-0.05, 0) is 38.1 Å². The van der Waals surface area contributed by atoms with Crippen molar-refractivity contribution in [3.8, 4) is 0 Å². The van der Waals surface area contributed by atoms with E-state index in [4.69, 9.17) is 23.7 Å². The van der Waals surface area contributed by atoms with Crippen LogP contribution in [-0.4, -0.2) is 55.1 Å². The highest BCUT2D eigenvalue weighted by Gasteiger charge is 2.58. The van der Waals surface area contributed by atoms with Crippen molar-refractivity contribution < 1.29 is 37.7 Å². The fraction of sp³-hybridized carbons (Fsp3) is 0.391. The van der Waals surface area contributed by atoms with Crippen molar-refractivity contribution in [1.29, 1.82) is 0 Å². The second kappa shape index (κ2) is 8.74. The van der Waals surface area contributed by atoms with Crippen molar-refractivity contribution in [1.82, 2.24) is 0 Å². The molecule has 0 spiro atoms. The minimum Gasteiger partial charge on any atom is -0.458 e. The summed E-state index contributed by atoms with van der Waals surface area (Å²) in [6.07, 6.45) is -5.98. The van der Waals surface area contributed by atoms with Crippen LogP contribution in [0.25, 0.3) is 0 Å². The molecule has 0 amide bonds. The van der Waals surface area contributed by atoms with Crippen LogP contribution in [0.5, 0.6) is 0 Å². The van der Waals surface area contributed by atoms with Crippen molar-refractivity contribution in [2.45, 2.75) is 50.4 Å². The first-order valence-electron chi connectivity index (χ1n) is 9.97. The molecule has 2 aliphatic rings. The Morgan fingerprint density at radius 2 is 1.55 bits per heavy atom. The summed E-state index contributed by atoms with van der Waals surface area (Å²) in [5.74, 6) is -2.29. The minimum atomic E-state index is -1.64. The van der Waals surface area contributed by atoms with Gasteiger partial charge in [0.25, 0.3) is 0 Å². The lowest BCUT2D eigenvalue weighted by molar-refractivity contribution is -0.222. The van der Waals surface area contributed by atoms with E-state index in [0.717, 1.165) is 0 Å². The molecule has 0 unspecified atom stereocenters. The van der Waals surface area contributed by atoms with E-state index in [2.05, 4.69) is 0 Å². The monoisotopic (exact) mass is 430 g/mol. The number of ether oxygens (including phenoxy) is 5. The number of hydrogen-bond donors (Lipinski definition) is 0. The number of carbonyl (C=O) groups excluding carboxylic acids is 2. The van der Waals surface area contributed by atoms with Crippen LogP contribution in [0.4, 0.5) is 4.39 Å². The van der Waals surface area contributed by atoms with E-state index in [9.17, 15) is 9.59 Å². The van der Waals surface area contributed by atoms with E-state index >= 15 is 4.39 Å². The van der Waals surface area contributed by atoms with Gasteiger partial charge in [0.05, 0.1) is 11.1 Å². The molecule has 2 heterocycles. The van der Waals surface area contributed by atoms with Gasteiger partial charge in [-0.3, -0.25) is 0 Å². The van der Waals surface area contributed by atoms with Gasteiger partial charge in [0, 0.05) is 0 Å². The molecule has 2 aromatic rings. The topological polar surface area (TPSA) is 80.3 Å². The molecule has 7 nitrogen and oxygen atoms in total. The summed E-state index contributed by atoms with van der Waals surface area (Å²) < 4.78 is 42.8. The second-order valence-corrected chi connectivity index (χ2v) is 7.79. The van der Waals surface area contributed by atoms with Gasteiger partial charge in [-0.2, -0.15) is 0 Å². The molecule has 2 aliphatic heterocycles. The maximum Gasteiger partial charge on any atom is 0.338 e. The van der Waals surface area contributed by atoms with E-state index in [1.54, 1.807) is 74.5 Å². The largest absolute Gasteiger partial charge is 0.458 e. The molecule has 0 N–H and O–H groups in total. The van der Waals surface area contributed by atoms with Crippen LogP contribution < -0.4 is 0 Å². The lowest BCUT2D eigenvalue weighted by Crippen LogP contribution is -2.43. The Morgan fingerprint density at radius 1 is 0.968 bits per heavy atom.